The first-order valence-electron chi connectivity index (χ1n) is 12.6. The number of nitrogens with one attached hydrogen (secondary N) is 2. The first-order valence-corrected chi connectivity index (χ1v) is 12.6. The van der Waals surface area contributed by atoms with Gasteiger partial charge in [-0.25, -0.2) is 13.2 Å². The van der Waals surface area contributed by atoms with E-state index in [9.17, 15) is 13.2 Å². The highest BCUT2D eigenvalue weighted by atomic mass is 19.2. The van der Waals surface area contributed by atoms with E-state index in [2.05, 4.69) is 47.2 Å². The van der Waals surface area contributed by atoms with Crippen LogP contribution in [0.1, 0.15) is 11.1 Å². The van der Waals surface area contributed by atoms with Gasteiger partial charge < -0.3 is 20.1 Å². The van der Waals surface area contributed by atoms with Gasteiger partial charge >= 0.3 is 0 Å². The smallest absolute Gasteiger partial charge is 0.194 e. The molecule has 0 amide bonds. The van der Waals surface area contributed by atoms with Gasteiger partial charge in [-0.3, -0.25) is 4.99 Å². The van der Waals surface area contributed by atoms with Gasteiger partial charge in [0.2, 0.25) is 0 Å². The van der Waals surface area contributed by atoms with Crippen LogP contribution in [0.4, 0.5) is 13.2 Å². The van der Waals surface area contributed by atoms with Crippen LogP contribution < -0.4 is 15.9 Å². The van der Waals surface area contributed by atoms with Crippen molar-refractivity contribution < 1.29 is 13.2 Å². The second-order valence-electron chi connectivity index (χ2n) is 9.57. The molecule has 0 spiro atoms. The van der Waals surface area contributed by atoms with Gasteiger partial charge in [-0.2, -0.15) is 0 Å². The monoisotopic (exact) mass is 543 g/mol. The molecule has 40 heavy (non-hydrogen) atoms. The molecule has 2 heterocycles. The highest BCUT2D eigenvalue weighted by Crippen LogP contribution is 2.26. The maximum atomic E-state index is 13.6. The van der Waals surface area contributed by atoms with E-state index in [0.717, 1.165) is 50.6 Å². The molecule has 2 N–H and O–H groups in total. The molecule has 0 aliphatic carbocycles. The summed E-state index contributed by atoms with van der Waals surface area (Å²) in [6, 6.07) is 8.15. The van der Waals surface area contributed by atoms with Crippen LogP contribution in [0.15, 0.2) is 89.9 Å². The zero-order valence-corrected chi connectivity index (χ0v) is 22.9. The van der Waals surface area contributed by atoms with Crippen molar-refractivity contribution in [2.75, 3.05) is 27.7 Å². The highest BCUT2D eigenvalue weighted by molar-refractivity contribution is 6.09. The van der Waals surface area contributed by atoms with Crippen LogP contribution in [0, 0.1) is 17.5 Å². The lowest BCUT2D eigenvalue weighted by Crippen LogP contribution is -2.27. The molecule has 206 valence electrons. The Morgan fingerprint density at radius 1 is 1.12 bits per heavy atom. The molecule has 0 unspecified atom stereocenters. The number of halogens is 3. The predicted molar refractivity (Wildman–Crippen MR) is 159 cm³/mol. The Morgan fingerprint density at radius 2 is 1.85 bits per heavy atom. The molecule has 0 fully saturated rings. The van der Waals surface area contributed by atoms with E-state index in [0.29, 0.717) is 17.9 Å². The van der Waals surface area contributed by atoms with Gasteiger partial charge in [0, 0.05) is 78.9 Å². The molecule has 2 aromatic carbocycles. The van der Waals surface area contributed by atoms with Crippen LogP contribution in [-0.4, -0.2) is 48.3 Å². The Morgan fingerprint density at radius 3 is 2.52 bits per heavy atom. The summed E-state index contributed by atoms with van der Waals surface area (Å²) in [4.78, 5) is 11.4. The van der Waals surface area contributed by atoms with E-state index >= 15 is 0 Å². The number of rotatable bonds is 8. The Bertz CT molecular complexity index is 1680. The van der Waals surface area contributed by atoms with Gasteiger partial charge in [0.05, 0.1) is 0 Å². The molecule has 8 heteroatoms. The van der Waals surface area contributed by atoms with Crippen LogP contribution in [0.3, 0.4) is 0 Å². The lowest BCUT2D eigenvalue weighted by atomic mass is 10.1. The van der Waals surface area contributed by atoms with E-state index in [4.69, 9.17) is 0 Å². The molecule has 1 aromatic heterocycles. The van der Waals surface area contributed by atoms with Crippen LogP contribution in [0.5, 0.6) is 0 Å². The van der Waals surface area contributed by atoms with Gasteiger partial charge in [0.15, 0.2) is 17.5 Å². The molecule has 0 atom stereocenters. The van der Waals surface area contributed by atoms with Crippen molar-refractivity contribution in [1.82, 2.24) is 20.1 Å². The fraction of sp³-hybridized carbons (Fsp3) is 0.156. The number of allylic oxidation sites excluding steroid dienone is 2. The zero-order valence-electron chi connectivity index (χ0n) is 22.9. The molecule has 3 aromatic rings. The van der Waals surface area contributed by atoms with Crippen molar-refractivity contribution in [2.24, 2.45) is 4.99 Å². The number of nitrogens with zero attached hydrogens (tertiary/aromatic N) is 3. The van der Waals surface area contributed by atoms with E-state index in [1.807, 2.05) is 49.4 Å². The lowest BCUT2D eigenvalue weighted by molar-refractivity contribution is 0.431. The van der Waals surface area contributed by atoms with Gasteiger partial charge in [-0.15, -0.1) is 0 Å². The standard InChI is InChI=1S/C32H32F3N5/c1-20(25-10-8-14-40(22(25)3)19-24-15-28(33)32(35)29(34)16-24)37-13-7-9-23-11-12-26-27(18-31(36-4)39(5)6)21(2)38-30(26)17-23/h7-12,14-18,37-38H,1-3,13,19H2,4-6H3/b9-7+,27-18-,36-31?. The Labute approximate surface area is 232 Å². The summed E-state index contributed by atoms with van der Waals surface area (Å²) in [5, 5.41) is 6.18. The third-order valence-corrected chi connectivity index (χ3v) is 6.56. The highest BCUT2D eigenvalue weighted by Gasteiger charge is 2.18. The molecule has 5 nitrogen and oxygen atoms in total. The number of fused-ring (bicyclic) bond motifs is 1. The van der Waals surface area contributed by atoms with Crippen molar-refractivity contribution in [1.29, 1.82) is 0 Å². The summed E-state index contributed by atoms with van der Waals surface area (Å²) >= 11 is 0. The fourth-order valence-electron chi connectivity index (χ4n) is 4.46. The van der Waals surface area contributed by atoms with Crippen molar-refractivity contribution in [3.05, 3.63) is 124 Å². The lowest BCUT2D eigenvalue weighted by Gasteiger charge is -2.28. The summed E-state index contributed by atoms with van der Waals surface area (Å²) in [5.74, 6) is -3.07. The van der Waals surface area contributed by atoms with Crippen molar-refractivity contribution in [3.8, 4) is 0 Å². The van der Waals surface area contributed by atoms with Crippen molar-refractivity contribution in [3.63, 3.8) is 0 Å². The van der Waals surface area contributed by atoms with E-state index in [-0.39, 0.29) is 12.1 Å². The van der Waals surface area contributed by atoms with Crippen LogP contribution >= 0.6 is 0 Å². The average Bonchev–Trinajstić information content (AvgIpc) is 3.22. The van der Waals surface area contributed by atoms with Crippen LogP contribution in [0.25, 0.3) is 29.6 Å². The fourth-order valence-corrected chi connectivity index (χ4v) is 4.46. The van der Waals surface area contributed by atoms with Gasteiger partial charge in [-0.05, 0) is 47.6 Å². The number of aliphatic imine (C=N–C) groups is 1. The number of hydrogen-bond acceptors (Lipinski definition) is 3. The predicted octanol–water partition coefficient (Wildman–Crippen LogP) is 4.95. The van der Waals surface area contributed by atoms with Crippen LogP contribution in [0.2, 0.25) is 0 Å². The van der Waals surface area contributed by atoms with E-state index < -0.39 is 17.5 Å². The minimum Gasteiger partial charge on any atom is -0.381 e. The Hall–Kier alpha value is -4.72. The second kappa shape index (κ2) is 12.0. The molecule has 1 aliphatic rings. The molecule has 0 radical (unpaired) electrons. The Balaban J connectivity index is 1.39. The quantitative estimate of drug-likeness (QED) is 0.240. The summed E-state index contributed by atoms with van der Waals surface area (Å²) in [5.41, 5.74) is 4.31. The van der Waals surface area contributed by atoms with Crippen molar-refractivity contribution >= 4 is 35.5 Å². The molecule has 0 saturated heterocycles. The van der Waals surface area contributed by atoms with Crippen LogP contribution in [-0.2, 0) is 6.54 Å². The topological polar surface area (TPSA) is 46.7 Å². The summed E-state index contributed by atoms with van der Waals surface area (Å²) in [6.07, 6.45) is 11.4. The second-order valence-corrected chi connectivity index (χ2v) is 9.57. The largest absolute Gasteiger partial charge is 0.381 e. The Kier molecular flexibility index (Phi) is 8.48. The third kappa shape index (κ3) is 6.12. The first-order chi connectivity index (χ1) is 19.1. The minimum atomic E-state index is -1.48. The average molecular weight is 544 g/mol. The van der Waals surface area contributed by atoms with Gasteiger partial charge in [0.1, 0.15) is 5.84 Å². The zero-order chi connectivity index (χ0) is 29.0. The van der Waals surface area contributed by atoms with Gasteiger partial charge in [-0.1, -0.05) is 44.0 Å². The maximum Gasteiger partial charge on any atom is 0.194 e. The molecular formula is C32H32F3N5. The third-order valence-electron chi connectivity index (χ3n) is 6.56. The van der Waals surface area contributed by atoms with Crippen molar-refractivity contribution in [2.45, 2.75) is 6.54 Å². The van der Waals surface area contributed by atoms with Gasteiger partial charge in [0.25, 0.3) is 0 Å². The number of benzene rings is 2. The number of amidine groups is 1. The van der Waals surface area contributed by atoms with E-state index in [1.165, 1.54) is 0 Å². The first kappa shape index (κ1) is 28.3. The number of hydrogen-bond donors (Lipinski definition) is 2. The SMILES string of the molecule is C=C(NC/C=C/c1ccc2/c(=C\C(=NC)N(C)C)c(=C)[nH]c2c1)C1=CC=CN(Cc2cc(F)c(F)c(F)c2)C1=C. The normalized spacial score (nSPS) is 14.4. The maximum absolute atomic E-state index is 13.6. The summed E-state index contributed by atoms with van der Waals surface area (Å²) in [7, 11) is 5.67. The molecular weight excluding hydrogens is 511 g/mol. The van der Waals surface area contributed by atoms with E-state index in [1.54, 1.807) is 24.2 Å². The number of H-pyrrole nitrogens is 1. The number of aromatic nitrogens is 1. The molecule has 4 rings (SSSR count). The molecule has 0 bridgehead atoms. The molecule has 1 aliphatic heterocycles. The molecule has 0 saturated carbocycles. The summed E-state index contributed by atoms with van der Waals surface area (Å²) < 4.78 is 40.6. The minimum absolute atomic E-state index is 0.130. The number of aromatic amines is 1. The summed E-state index contributed by atoms with van der Waals surface area (Å²) in [6.45, 7) is 13.0.